The minimum absolute atomic E-state index is 0.00704. The third kappa shape index (κ3) is 4.66. The van der Waals surface area contributed by atoms with Gasteiger partial charge in [0.25, 0.3) is 5.22 Å². The van der Waals surface area contributed by atoms with Crippen LogP contribution in [-0.4, -0.2) is 26.4 Å². The number of amides is 1. The SMILES string of the molecule is Cc1ccc(-c2nnc(SCC(=O)Nc3c(C#N)c(C)c(C)n3-c3ccc(F)cc3)o2)cc1. The van der Waals surface area contributed by atoms with Crippen molar-refractivity contribution in [3.05, 3.63) is 76.7 Å². The predicted octanol–water partition coefficient (Wildman–Crippen LogP) is 5.19. The molecule has 4 aromatic rings. The molecule has 0 saturated carbocycles. The zero-order valence-electron chi connectivity index (χ0n) is 18.2. The van der Waals surface area contributed by atoms with Crippen molar-refractivity contribution in [1.82, 2.24) is 14.8 Å². The van der Waals surface area contributed by atoms with E-state index < -0.39 is 0 Å². The highest BCUT2D eigenvalue weighted by molar-refractivity contribution is 7.99. The highest BCUT2D eigenvalue weighted by atomic mass is 32.2. The van der Waals surface area contributed by atoms with E-state index in [1.54, 1.807) is 16.7 Å². The van der Waals surface area contributed by atoms with Gasteiger partial charge in [0, 0.05) is 16.9 Å². The van der Waals surface area contributed by atoms with Crippen LogP contribution < -0.4 is 5.32 Å². The van der Waals surface area contributed by atoms with Crippen LogP contribution in [0, 0.1) is 37.9 Å². The van der Waals surface area contributed by atoms with Gasteiger partial charge in [-0.25, -0.2) is 4.39 Å². The Morgan fingerprint density at radius 2 is 1.82 bits per heavy atom. The van der Waals surface area contributed by atoms with E-state index in [-0.39, 0.29) is 22.7 Å². The molecule has 0 radical (unpaired) electrons. The maximum Gasteiger partial charge on any atom is 0.277 e. The van der Waals surface area contributed by atoms with Crippen molar-refractivity contribution in [2.24, 2.45) is 0 Å². The van der Waals surface area contributed by atoms with E-state index in [0.29, 0.717) is 23.0 Å². The Hall–Kier alpha value is -3.90. The van der Waals surface area contributed by atoms with E-state index in [9.17, 15) is 14.4 Å². The third-order valence-corrected chi connectivity index (χ3v) is 6.02. The van der Waals surface area contributed by atoms with E-state index >= 15 is 0 Å². The summed E-state index contributed by atoms with van der Waals surface area (Å²) in [5.74, 6) is 0.0177. The van der Waals surface area contributed by atoms with Gasteiger partial charge in [-0.3, -0.25) is 9.36 Å². The fourth-order valence-corrected chi connectivity index (χ4v) is 3.91. The Morgan fingerprint density at radius 3 is 2.48 bits per heavy atom. The number of aromatic nitrogens is 3. The van der Waals surface area contributed by atoms with Gasteiger partial charge in [0.2, 0.25) is 11.8 Å². The molecule has 0 aliphatic heterocycles. The smallest absolute Gasteiger partial charge is 0.277 e. The first kappa shape index (κ1) is 22.3. The molecule has 0 aliphatic carbocycles. The van der Waals surface area contributed by atoms with Gasteiger partial charge in [-0.15, -0.1) is 10.2 Å². The maximum absolute atomic E-state index is 13.4. The normalized spacial score (nSPS) is 10.8. The topological polar surface area (TPSA) is 96.7 Å². The summed E-state index contributed by atoms with van der Waals surface area (Å²) in [6.07, 6.45) is 0. The number of rotatable bonds is 6. The molecule has 1 amide bonds. The maximum atomic E-state index is 13.4. The summed E-state index contributed by atoms with van der Waals surface area (Å²) in [7, 11) is 0. The number of nitriles is 1. The van der Waals surface area contributed by atoms with Gasteiger partial charge in [0.05, 0.1) is 11.3 Å². The van der Waals surface area contributed by atoms with Crippen molar-refractivity contribution in [2.75, 3.05) is 11.1 Å². The van der Waals surface area contributed by atoms with Crippen molar-refractivity contribution < 1.29 is 13.6 Å². The number of nitrogens with zero attached hydrogens (tertiary/aromatic N) is 4. The second-order valence-corrected chi connectivity index (χ2v) is 8.36. The predicted molar refractivity (Wildman–Crippen MR) is 124 cm³/mol. The van der Waals surface area contributed by atoms with Gasteiger partial charge in [-0.1, -0.05) is 29.5 Å². The lowest BCUT2D eigenvalue weighted by Gasteiger charge is -2.13. The van der Waals surface area contributed by atoms with Crippen LogP contribution in [0.15, 0.2) is 58.2 Å². The Labute approximate surface area is 194 Å². The van der Waals surface area contributed by atoms with Crippen LogP contribution in [-0.2, 0) is 4.79 Å². The molecular weight excluding hydrogens is 441 g/mol. The molecule has 2 aromatic carbocycles. The molecule has 2 heterocycles. The number of aryl methyl sites for hydroxylation is 1. The number of halogens is 1. The molecule has 0 saturated heterocycles. The van der Waals surface area contributed by atoms with Crippen LogP contribution in [0.3, 0.4) is 0 Å². The molecule has 0 atom stereocenters. The Balaban J connectivity index is 1.51. The minimum atomic E-state index is -0.368. The van der Waals surface area contributed by atoms with Crippen LogP contribution in [0.1, 0.15) is 22.4 Å². The fourth-order valence-electron chi connectivity index (χ4n) is 3.35. The number of carbonyl (C=O) groups excluding carboxylic acids is 1. The fraction of sp³-hybridized carbons (Fsp3) is 0.167. The summed E-state index contributed by atoms with van der Waals surface area (Å²) in [4.78, 5) is 12.7. The summed E-state index contributed by atoms with van der Waals surface area (Å²) >= 11 is 1.10. The first-order valence-electron chi connectivity index (χ1n) is 10.1. The summed E-state index contributed by atoms with van der Waals surface area (Å²) in [5, 5.41) is 20.8. The molecule has 0 fully saturated rings. The van der Waals surface area contributed by atoms with Gasteiger partial charge in [-0.05, 0) is 62.7 Å². The average Bonchev–Trinajstić information content (AvgIpc) is 3.37. The number of hydrogen-bond donors (Lipinski definition) is 1. The zero-order valence-corrected chi connectivity index (χ0v) is 19.0. The minimum Gasteiger partial charge on any atom is -0.411 e. The van der Waals surface area contributed by atoms with Crippen molar-refractivity contribution in [2.45, 2.75) is 26.0 Å². The monoisotopic (exact) mass is 461 g/mol. The van der Waals surface area contributed by atoms with E-state index in [1.165, 1.54) is 12.1 Å². The van der Waals surface area contributed by atoms with Gasteiger partial charge in [0.15, 0.2) is 0 Å². The van der Waals surface area contributed by atoms with Crippen LogP contribution in [0.25, 0.3) is 17.1 Å². The molecular formula is C24H20FN5O2S. The number of hydrogen-bond acceptors (Lipinski definition) is 6. The molecule has 0 unspecified atom stereocenters. The van der Waals surface area contributed by atoms with E-state index in [2.05, 4.69) is 21.6 Å². The average molecular weight is 462 g/mol. The highest BCUT2D eigenvalue weighted by Gasteiger charge is 2.21. The summed E-state index contributed by atoms with van der Waals surface area (Å²) in [6, 6.07) is 15.7. The van der Waals surface area contributed by atoms with Gasteiger partial charge < -0.3 is 9.73 Å². The van der Waals surface area contributed by atoms with Gasteiger partial charge in [-0.2, -0.15) is 5.26 Å². The first-order valence-corrected chi connectivity index (χ1v) is 11.1. The summed E-state index contributed by atoms with van der Waals surface area (Å²) < 4.78 is 20.8. The van der Waals surface area contributed by atoms with Crippen LogP contribution in [0.2, 0.25) is 0 Å². The van der Waals surface area contributed by atoms with Crippen LogP contribution >= 0.6 is 11.8 Å². The molecule has 4 rings (SSSR count). The molecule has 0 bridgehead atoms. The highest BCUT2D eigenvalue weighted by Crippen LogP contribution is 2.30. The largest absolute Gasteiger partial charge is 0.411 e. The van der Waals surface area contributed by atoms with Crippen molar-refractivity contribution in [1.29, 1.82) is 5.26 Å². The molecule has 2 aromatic heterocycles. The Morgan fingerprint density at radius 1 is 1.12 bits per heavy atom. The van der Waals surface area contributed by atoms with E-state index in [4.69, 9.17) is 4.42 Å². The zero-order chi connectivity index (χ0) is 23.5. The second kappa shape index (κ2) is 9.30. The number of carbonyl (C=O) groups is 1. The molecule has 7 nitrogen and oxygen atoms in total. The van der Waals surface area contributed by atoms with Crippen molar-refractivity contribution in [3.63, 3.8) is 0 Å². The number of thioether (sulfide) groups is 1. The Bertz CT molecular complexity index is 1350. The Kier molecular flexibility index (Phi) is 6.29. The summed E-state index contributed by atoms with van der Waals surface area (Å²) in [6.45, 7) is 5.64. The van der Waals surface area contributed by atoms with E-state index in [0.717, 1.165) is 34.1 Å². The molecule has 9 heteroatoms. The first-order chi connectivity index (χ1) is 15.9. The van der Waals surface area contributed by atoms with Gasteiger partial charge >= 0.3 is 0 Å². The number of benzene rings is 2. The summed E-state index contributed by atoms with van der Waals surface area (Å²) in [5.41, 5.74) is 4.43. The molecule has 1 N–H and O–H groups in total. The van der Waals surface area contributed by atoms with Crippen molar-refractivity contribution in [3.8, 4) is 23.2 Å². The molecule has 166 valence electrons. The molecule has 0 spiro atoms. The lowest BCUT2D eigenvalue weighted by molar-refractivity contribution is -0.113. The number of anilines is 1. The lowest BCUT2D eigenvalue weighted by Crippen LogP contribution is -2.17. The van der Waals surface area contributed by atoms with Crippen LogP contribution in [0.5, 0.6) is 0 Å². The quantitative estimate of drug-likeness (QED) is 0.397. The van der Waals surface area contributed by atoms with E-state index in [1.807, 2.05) is 45.0 Å². The molecule has 33 heavy (non-hydrogen) atoms. The lowest BCUT2D eigenvalue weighted by atomic mass is 10.1. The van der Waals surface area contributed by atoms with Gasteiger partial charge in [0.1, 0.15) is 17.7 Å². The van der Waals surface area contributed by atoms with Crippen molar-refractivity contribution >= 4 is 23.5 Å². The molecule has 0 aliphatic rings. The number of nitrogens with one attached hydrogen (secondary N) is 1. The second-order valence-electron chi connectivity index (χ2n) is 7.43. The standard InChI is InChI=1S/C24H20FN5O2S/c1-14-4-6-17(7-5-14)23-28-29-24(32-23)33-13-21(31)27-22-20(12-26)15(2)16(3)30(22)19-10-8-18(25)9-11-19/h4-11H,13H2,1-3H3,(H,27,31). The third-order valence-electron chi connectivity index (χ3n) is 5.20. The van der Waals surface area contributed by atoms with Crippen LogP contribution in [0.4, 0.5) is 10.2 Å².